The number of hydrogen-bond acceptors (Lipinski definition) is 7. The van der Waals surface area contributed by atoms with Gasteiger partial charge in [0.1, 0.15) is 24.1 Å². The molecule has 0 radical (unpaired) electrons. The molecule has 7 heteroatoms. The maximum Gasteiger partial charge on any atom is 0.358 e. The lowest BCUT2D eigenvalue weighted by Crippen LogP contribution is -2.57. The summed E-state index contributed by atoms with van der Waals surface area (Å²) in [4.78, 5) is 0. The molecular formula is C20H24O6S. The molecule has 2 aliphatic heterocycles. The lowest BCUT2D eigenvalue weighted by Gasteiger charge is -2.42. The van der Waals surface area contributed by atoms with Crippen molar-refractivity contribution in [2.45, 2.75) is 63.7 Å². The first-order valence-electron chi connectivity index (χ1n) is 8.76. The van der Waals surface area contributed by atoms with E-state index in [1.165, 1.54) is 0 Å². The van der Waals surface area contributed by atoms with E-state index in [-0.39, 0.29) is 11.8 Å². The van der Waals surface area contributed by atoms with Gasteiger partial charge in [-0.2, -0.15) is 0 Å². The number of hydrogen-bond donors (Lipinski definition) is 0. The Balaban J connectivity index is 1.74. The molecule has 0 saturated carbocycles. The van der Waals surface area contributed by atoms with Gasteiger partial charge in [-0.15, -0.1) is 6.42 Å². The fourth-order valence-electron chi connectivity index (χ4n) is 3.09. The zero-order valence-corrected chi connectivity index (χ0v) is 16.7. The zero-order valence-electron chi connectivity index (χ0n) is 15.8. The minimum atomic E-state index is -0.820. The average Bonchev–Trinajstić information content (AvgIpc) is 2.92. The molecule has 0 amide bonds. The van der Waals surface area contributed by atoms with E-state index in [0.29, 0.717) is 5.75 Å². The first-order chi connectivity index (χ1) is 12.7. The summed E-state index contributed by atoms with van der Waals surface area (Å²) < 4.78 is 35.0. The van der Waals surface area contributed by atoms with Gasteiger partial charge in [-0.05, 0) is 39.8 Å². The standard InChI is InChI=1S/C20H24O6S/c1-6-14-16(26-20(4,5)24-14)17-15(12-21-19(2,3)25-17)23-18(27)22-13-10-8-7-9-11-13/h1,7-11,14-17H,12H2,2-5H3/t14-,15+,16-,17?/m0/s1. The summed E-state index contributed by atoms with van der Waals surface area (Å²) in [6.07, 6.45) is 3.42. The Morgan fingerprint density at radius 1 is 1.07 bits per heavy atom. The van der Waals surface area contributed by atoms with Crippen molar-refractivity contribution in [3.8, 4) is 18.1 Å². The van der Waals surface area contributed by atoms with Crippen LogP contribution in [0.15, 0.2) is 30.3 Å². The van der Waals surface area contributed by atoms with E-state index in [1.54, 1.807) is 26.0 Å². The van der Waals surface area contributed by atoms with Crippen LogP contribution in [-0.2, 0) is 23.7 Å². The highest BCUT2D eigenvalue weighted by atomic mass is 32.1. The van der Waals surface area contributed by atoms with Crippen LogP contribution in [0.3, 0.4) is 0 Å². The van der Waals surface area contributed by atoms with Gasteiger partial charge in [-0.1, -0.05) is 24.1 Å². The van der Waals surface area contributed by atoms with Crippen LogP contribution >= 0.6 is 12.2 Å². The van der Waals surface area contributed by atoms with Crippen LogP contribution in [0.5, 0.6) is 5.75 Å². The van der Waals surface area contributed by atoms with Crippen molar-refractivity contribution in [3.05, 3.63) is 30.3 Å². The van der Waals surface area contributed by atoms with Crippen molar-refractivity contribution in [3.63, 3.8) is 0 Å². The molecule has 2 aliphatic rings. The number of para-hydroxylation sites is 1. The highest BCUT2D eigenvalue weighted by Crippen LogP contribution is 2.36. The largest absolute Gasteiger partial charge is 0.448 e. The van der Waals surface area contributed by atoms with Gasteiger partial charge in [-0.3, -0.25) is 0 Å². The predicted octanol–water partition coefficient (Wildman–Crippen LogP) is 3.04. The summed E-state index contributed by atoms with van der Waals surface area (Å²) in [6, 6.07) is 9.15. The smallest absolute Gasteiger partial charge is 0.358 e. The molecule has 27 heavy (non-hydrogen) atoms. The van der Waals surface area contributed by atoms with Gasteiger partial charge in [-0.25, -0.2) is 0 Å². The average molecular weight is 392 g/mol. The Labute approximate surface area is 165 Å². The van der Waals surface area contributed by atoms with Gasteiger partial charge in [0.2, 0.25) is 0 Å². The molecule has 0 N–H and O–H groups in total. The number of ether oxygens (including phenoxy) is 6. The normalized spacial score (nSPS) is 31.7. The van der Waals surface area contributed by atoms with Crippen LogP contribution in [0.2, 0.25) is 0 Å². The summed E-state index contributed by atoms with van der Waals surface area (Å²) in [5.74, 6) is 1.57. The lowest BCUT2D eigenvalue weighted by atomic mass is 10.0. The fraction of sp³-hybridized carbons (Fsp3) is 0.550. The van der Waals surface area contributed by atoms with E-state index in [1.807, 2.05) is 32.0 Å². The number of benzene rings is 1. The number of terminal acetylenes is 1. The van der Waals surface area contributed by atoms with Crippen molar-refractivity contribution < 1.29 is 28.4 Å². The van der Waals surface area contributed by atoms with Crippen LogP contribution in [0.4, 0.5) is 0 Å². The van der Waals surface area contributed by atoms with Crippen LogP contribution in [-0.4, -0.2) is 47.8 Å². The predicted molar refractivity (Wildman–Crippen MR) is 102 cm³/mol. The molecule has 146 valence electrons. The number of rotatable bonds is 3. The molecule has 0 aromatic heterocycles. The van der Waals surface area contributed by atoms with Gasteiger partial charge in [0, 0.05) is 12.2 Å². The molecule has 4 atom stereocenters. The summed E-state index contributed by atoms with van der Waals surface area (Å²) in [7, 11) is 0. The van der Waals surface area contributed by atoms with Crippen molar-refractivity contribution in [2.75, 3.05) is 6.61 Å². The van der Waals surface area contributed by atoms with E-state index in [2.05, 4.69) is 5.92 Å². The van der Waals surface area contributed by atoms with Crippen LogP contribution < -0.4 is 4.74 Å². The van der Waals surface area contributed by atoms with Crippen LogP contribution in [0.1, 0.15) is 27.7 Å². The highest BCUT2D eigenvalue weighted by molar-refractivity contribution is 7.79. The third kappa shape index (κ3) is 4.98. The summed E-state index contributed by atoms with van der Waals surface area (Å²) in [6.45, 7) is 7.50. The molecular weight excluding hydrogens is 368 g/mol. The molecule has 1 unspecified atom stereocenters. The minimum Gasteiger partial charge on any atom is -0.448 e. The molecule has 2 fully saturated rings. The van der Waals surface area contributed by atoms with Crippen molar-refractivity contribution in [2.24, 2.45) is 0 Å². The third-order valence-electron chi connectivity index (χ3n) is 4.19. The van der Waals surface area contributed by atoms with Gasteiger partial charge >= 0.3 is 5.24 Å². The maximum absolute atomic E-state index is 6.08. The molecule has 1 aromatic carbocycles. The van der Waals surface area contributed by atoms with Crippen molar-refractivity contribution in [1.29, 1.82) is 0 Å². The summed E-state index contributed by atoms with van der Waals surface area (Å²) in [5.41, 5.74) is 0. The first kappa shape index (κ1) is 20.1. The minimum absolute atomic E-state index is 0.0291. The summed E-state index contributed by atoms with van der Waals surface area (Å²) in [5, 5.41) is -0.0291. The van der Waals surface area contributed by atoms with E-state index in [9.17, 15) is 0 Å². The quantitative estimate of drug-likeness (QED) is 0.579. The van der Waals surface area contributed by atoms with E-state index in [4.69, 9.17) is 47.1 Å². The van der Waals surface area contributed by atoms with Gasteiger partial charge in [0.25, 0.3) is 0 Å². The van der Waals surface area contributed by atoms with E-state index < -0.39 is 36.0 Å². The SMILES string of the molecule is C#C[C@@H]1OC(C)(C)O[C@@H]1C1OC(C)(C)OC[C@H]1OC(=S)Oc1ccccc1. The lowest BCUT2D eigenvalue weighted by molar-refractivity contribution is -0.320. The Kier molecular flexibility index (Phi) is 5.75. The Morgan fingerprint density at radius 3 is 2.41 bits per heavy atom. The number of thiocarbonyl (C=S) groups is 1. The van der Waals surface area contributed by atoms with Crippen LogP contribution in [0, 0.1) is 12.3 Å². The van der Waals surface area contributed by atoms with Gasteiger partial charge in [0.05, 0.1) is 6.61 Å². The third-order valence-corrected chi connectivity index (χ3v) is 4.37. The van der Waals surface area contributed by atoms with E-state index in [0.717, 1.165) is 0 Å². The Bertz CT molecular complexity index is 711. The highest BCUT2D eigenvalue weighted by Gasteiger charge is 2.52. The second-order valence-corrected chi connectivity index (χ2v) is 7.64. The first-order valence-corrected chi connectivity index (χ1v) is 9.17. The monoisotopic (exact) mass is 392 g/mol. The molecule has 1 aromatic rings. The van der Waals surface area contributed by atoms with Crippen molar-refractivity contribution in [1.82, 2.24) is 0 Å². The molecule has 0 bridgehead atoms. The molecule has 0 spiro atoms. The van der Waals surface area contributed by atoms with Gasteiger partial charge < -0.3 is 28.4 Å². The second kappa shape index (κ2) is 7.74. The van der Waals surface area contributed by atoms with E-state index >= 15 is 0 Å². The van der Waals surface area contributed by atoms with Gasteiger partial charge in [0.15, 0.2) is 17.7 Å². The van der Waals surface area contributed by atoms with Crippen LogP contribution in [0.25, 0.3) is 0 Å². The maximum atomic E-state index is 6.08. The van der Waals surface area contributed by atoms with Crippen molar-refractivity contribution >= 4 is 17.5 Å². The molecule has 2 heterocycles. The topological polar surface area (TPSA) is 55.4 Å². The molecule has 2 saturated heterocycles. The molecule has 6 nitrogen and oxygen atoms in total. The zero-order chi connectivity index (χ0) is 19.7. The molecule has 0 aliphatic carbocycles. The Hall–Kier alpha value is -1.69. The summed E-state index contributed by atoms with van der Waals surface area (Å²) >= 11 is 5.24. The molecule has 3 rings (SSSR count). The Morgan fingerprint density at radius 2 is 1.74 bits per heavy atom. The fourth-order valence-corrected chi connectivity index (χ4v) is 3.31. The second-order valence-electron chi connectivity index (χ2n) is 7.30.